The molecule has 2 heterocycles. The van der Waals surface area contributed by atoms with Crippen LogP contribution in [0.15, 0.2) is 145 Å². The van der Waals surface area contributed by atoms with E-state index in [1.54, 1.807) is 0 Å². The molecule has 0 radical (unpaired) electrons. The minimum absolute atomic E-state index is 0.0956. The third kappa shape index (κ3) is 3.64. The van der Waals surface area contributed by atoms with Crippen molar-refractivity contribution >= 4 is 43.6 Å². The lowest BCUT2D eigenvalue weighted by molar-refractivity contribution is 0.597. The highest BCUT2D eigenvalue weighted by Crippen LogP contribution is 2.40. The second-order valence-corrected chi connectivity index (χ2v) is 11.8. The van der Waals surface area contributed by atoms with Crippen LogP contribution in [0.5, 0.6) is 0 Å². The van der Waals surface area contributed by atoms with Crippen molar-refractivity contribution < 1.29 is 0 Å². The highest BCUT2D eigenvalue weighted by atomic mass is 15.0. The maximum absolute atomic E-state index is 2.52. The molecule has 0 amide bonds. The van der Waals surface area contributed by atoms with Gasteiger partial charge in [-0.25, -0.2) is 0 Å². The molecule has 1 aliphatic carbocycles. The molecular weight excluding hydrogens is 496 g/mol. The molecule has 0 saturated heterocycles. The molecule has 2 nitrogen and oxygen atoms in total. The van der Waals surface area contributed by atoms with Gasteiger partial charge in [0, 0.05) is 43.7 Å². The number of allylic oxidation sites excluding steroid dienone is 4. The Hall–Kier alpha value is -4.82. The van der Waals surface area contributed by atoms with Crippen molar-refractivity contribution in [3.05, 3.63) is 151 Å². The van der Waals surface area contributed by atoms with Crippen LogP contribution < -0.4 is 0 Å². The Kier molecular flexibility index (Phi) is 5.33. The van der Waals surface area contributed by atoms with Crippen LogP contribution >= 0.6 is 0 Å². The largest absolute Gasteiger partial charge is 0.333 e. The molecular formula is C39H32N2. The number of para-hydroxylation sites is 4. The highest BCUT2D eigenvalue weighted by Gasteiger charge is 2.27. The lowest BCUT2D eigenvalue weighted by Gasteiger charge is -2.31. The number of hydrogen-bond donors (Lipinski definition) is 0. The number of benzene rings is 5. The van der Waals surface area contributed by atoms with Crippen molar-refractivity contribution in [2.75, 3.05) is 0 Å². The number of hydrogen-bond acceptors (Lipinski definition) is 0. The fourth-order valence-corrected chi connectivity index (χ4v) is 6.97. The molecule has 1 aliphatic rings. The van der Waals surface area contributed by atoms with Gasteiger partial charge in [-0.15, -0.1) is 0 Å². The third-order valence-electron chi connectivity index (χ3n) is 9.18. The predicted octanol–water partition coefficient (Wildman–Crippen LogP) is 10.3. The fraction of sp³-hybridized carbons (Fsp3) is 0.128. The minimum atomic E-state index is -0.0956. The summed E-state index contributed by atoms with van der Waals surface area (Å²) in [5.74, 6) is 0. The van der Waals surface area contributed by atoms with E-state index in [9.17, 15) is 0 Å². The molecule has 0 fully saturated rings. The molecule has 2 heteroatoms. The van der Waals surface area contributed by atoms with Crippen LogP contribution in [0.3, 0.4) is 0 Å². The van der Waals surface area contributed by atoms with Crippen LogP contribution in [0.1, 0.15) is 31.9 Å². The van der Waals surface area contributed by atoms with Gasteiger partial charge in [0.25, 0.3) is 0 Å². The zero-order valence-corrected chi connectivity index (χ0v) is 23.5. The van der Waals surface area contributed by atoms with Gasteiger partial charge in [0.05, 0.1) is 17.1 Å². The minimum Gasteiger partial charge on any atom is -0.333 e. The van der Waals surface area contributed by atoms with E-state index < -0.39 is 0 Å². The van der Waals surface area contributed by atoms with Crippen molar-refractivity contribution in [2.45, 2.75) is 31.7 Å². The summed E-state index contributed by atoms with van der Waals surface area (Å²) >= 11 is 0. The van der Waals surface area contributed by atoms with E-state index in [1.807, 2.05) is 0 Å². The molecule has 8 rings (SSSR count). The van der Waals surface area contributed by atoms with E-state index in [4.69, 9.17) is 0 Å². The molecule has 0 aliphatic heterocycles. The highest BCUT2D eigenvalue weighted by molar-refractivity contribution is 6.09. The first-order valence-electron chi connectivity index (χ1n) is 14.6. The van der Waals surface area contributed by atoms with Gasteiger partial charge >= 0.3 is 0 Å². The van der Waals surface area contributed by atoms with E-state index in [1.165, 1.54) is 60.4 Å². The molecule has 0 bridgehead atoms. The number of rotatable bonds is 4. The fourth-order valence-electron chi connectivity index (χ4n) is 6.97. The number of nitrogens with zero attached hydrogens (tertiary/aromatic N) is 2. The van der Waals surface area contributed by atoms with Gasteiger partial charge in [0.1, 0.15) is 0 Å². The standard InChI is InChI=1S/C39H32N2/c1-39(2,27-19-23-29(24-20-27)40-35-15-7-3-11-31(35)32-12-4-8-16-36(32)40)28-21-25-30(26-22-28)41-37-17-9-5-13-33(37)34-14-6-10-18-38(34)41/h3-25,30H,26H2,1-2H3. The van der Waals surface area contributed by atoms with Crippen molar-refractivity contribution in [1.82, 2.24) is 9.13 Å². The molecule has 5 aromatic carbocycles. The molecule has 41 heavy (non-hydrogen) atoms. The van der Waals surface area contributed by atoms with Gasteiger partial charge in [-0.05, 0) is 54.0 Å². The molecule has 0 spiro atoms. The summed E-state index contributed by atoms with van der Waals surface area (Å²) in [5.41, 5.74) is 8.90. The molecule has 2 aromatic heterocycles. The number of fused-ring (bicyclic) bond motifs is 6. The molecule has 1 atom stereocenters. The van der Waals surface area contributed by atoms with Crippen LogP contribution in [-0.4, -0.2) is 9.13 Å². The zero-order chi connectivity index (χ0) is 27.6. The monoisotopic (exact) mass is 528 g/mol. The van der Waals surface area contributed by atoms with Gasteiger partial charge < -0.3 is 9.13 Å². The van der Waals surface area contributed by atoms with Crippen LogP contribution in [-0.2, 0) is 5.41 Å². The lowest BCUT2D eigenvalue weighted by Crippen LogP contribution is -2.21. The van der Waals surface area contributed by atoms with Crippen molar-refractivity contribution in [1.29, 1.82) is 0 Å². The van der Waals surface area contributed by atoms with Gasteiger partial charge in [0.15, 0.2) is 0 Å². The average Bonchev–Trinajstić information content (AvgIpc) is 3.54. The molecule has 198 valence electrons. The zero-order valence-electron chi connectivity index (χ0n) is 23.5. The Morgan fingerprint density at radius 3 is 1.51 bits per heavy atom. The second-order valence-electron chi connectivity index (χ2n) is 11.8. The van der Waals surface area contributed by atoms with Gasteiger partial charge in [-0.1, -0.05) is 117 Å². The molecule has 1 unspecified atom stereocenters. The quantitative estimate of drug-likeness (QED) is 0.215. The van der Waals surface area contributed by atoms with Crippen LogP contribution in [0.4, 0.5) is 0 Å². The van der Waals surface area contributed by atoms with E-state index in [0.29, 0.717) is 6.04 Å². The topological polar surface area (TPSA) is 9.86 Å². The van der Waals surface area contributed by atoms with E-state index in [0.717, 1.165) is 6.42 Å². The second kappa shape index (κ2) is 9.11. The molecule has 0 saturated carbocycles. The Morgan fingerprint density at radius 1 is 0.561 bits per heavy atom. The Bertz CT molecular complexity index is 2040. The van der Waals surface area contributed by atoms with Gasteiger partial charge in [-0.3, -0.25) is 0 Å². The van der Waals surface area contributed by atoms with Crippen LogP contribution in [0.2, 0.25) is 0 Å². The van der Waals surface area contributed by atoms with Crippen molar-refractivity contribution in [3.63, 3.8) is 0 Å². The summed E-state index contributed by atoms with van der Waals surface area (Å²) in [6.45, 7) is 4.69. The predicted molar refractivity (Wildman–Crippen MR) is 174 cm³/mol. The van der Waals surface area contributed by atoms with E-state index >= 15 is 0 Å². The summed E-state index contributed by atoms with van der Waals surface area (Å²) in [6.07, 6.45) is 8.20. The normalized spacial score (nSPS) is 15.8. The first-order chi connectivity index (χ1) is 20.1. The van der Waals surface area contributed by atoms with Gasteiger partial charge in [-0.2, -0.15) is 0 Å². The smallest absolute Gasteiger partial charge is 0.0560 e. The first-order valence-corrected chi connectivity index (χ1v) is 14.6. The van der Waals surface area contributed by atoms with Crippen LogP contribution in [0, 0.1) is 0 Å². The molecule has 7 aromatic rings. The summed E-state index contributed by atoms with van der Waals surface area (Å²) in [6, 6.07) is 44.5. The lowest BCUT2D eigenvalue weighted by atomic mass is 9.75. The summed E-state index contributed by atoms with van der Waals surface area (Å²) in [4.78, 5) is 0. The average molecular weight is 529 g/mol. The number of aromatic nitrogens is 2. The SMILES string of the molecule is CC(C)(C1=CCC(n2c3ccccc3c3ccccc32)C=C1)c1ccc(-n2c3ccccc3c3ccccc32)cc1. The van der Waals surface area contributed by atoms with E-state index in [-0.39, 0.29) is 5.41 Å². The maximum atomic E-state index is 2.52. The Morgan fingerprint density at radius 2 is 1.02 bits per heavy atom. The van der Waals surface area contributed by atoms with E-state index in [2.05, 4.69) is 163 Å². The summed E-state index contributed by atoms with van der Waals surface area (Å²) in [7, 11) is 0. The molecule has 0 N–H and O–H groups in total. The summed E-state index contributed by atoms with van der Waals surface area (Å²) in [5, 5.41) is 5.25. The Labute approximate surface area is 240 Å². The maximum Gasteiger partial charge on any atom is 0.0560 e. The first kappa shape index (κ1) is 24.0. The third-order valence-corrected chi connectivity index (χ3v) is 9.18. The van der Waals surface area contributed by atoms with Gasteiger partial charge in [0.2, 0.25) is 0 Å². The van der Waals surface area contributed by atoms with Crippen molar-refractivity contribution in [3.8, 4) is 5.69 Å². The van der Waals surface area contributed by atoms with Crippen molar-refractivity contribution in [2.24, 2.45) is 0 Å². The van der Waals surface area contributed by atoms with Crippen LogP contribution in [0.25, 0.3) is 49.3 Å². The summed E-state index contributed by atoms with van der Waals surface area (Å²) < 4.78 is 4.90. The Balaban J connectivity index is 1.12.